The largest absolute Gasteiger partial charge is 0.479 e. The number of carbonyl (C=O) groups excluding carboxylic acids is 2. The van der Waals surface area contributed by atoms with E-state index in [1.54, 1.807) is 6.92 Å². The highest BCUT2D eigenvalue weighted by atomic mass is 19.2. The maximum Gasteiger partial charge on any atom is 0.343 e. The predicted octanol–water partition coefficient (Wildman–Crippen LogP) is 3.93. The molecule has 33 heavy (non-hydrogen) atoms. The molecule has 0 saturated heterocycles. The summed E-state index contributed by atoms with van der Waals surface area (Å²) in [5.74, 6) is -14.6. The molecule has 1 amide bonds. The first kappa shape index (κ1) is 23.6. The van der Waals surface area contributed by atoms with Gasteiger partial charge in [0.15, 0.2) is 0 Å². The van der Waals surface area contributed by atoms with Crippen molar-refractivity contribution >= 4 is 11.9 Å². The molecule has 0 spiro atoms. The maximum atomic E-state index is 13.8. The van der Waals surface area contributed by atoms with E-state index in [9.17, 15) is 31.5 Å². The van der Waals surface area contributed by atoms with Crippen molar-refractivity contribution in [1.29, 1.82) is 0 Å². The summed E-state index contributed by atoms with van der Waals surface area (Å²) >= 11 is 0. The smallest absolute Gasteiger partial charge is 0.343 e. The molecule has 11 heteroatoms. The first-order valence-electron chi connectivity index (χ1n) is 9.26. The summed E-state index contributed by atoms with van der Waals surface area (Å²) in [4.78, 5) is 28.0. The van der Waals surface area contributed by atoms with E-state index < -0.39 is 52.3 Å². The number of nitrogens with zero attached hydrogens (tertiary/aromatic N) is 1. The van der Waals surface area contributed by atoms with Gasteiger partial charge in [-0.15, -0.1) is 0 Å². The van der Waals surface area contributed by atoms with Crippen LogP contribution < -0.4 is 14.8 Å². The number of hydrogen-bond donors (Lipinski definition) is 1. The van der Waals surface area contributed by atoms with E-state index >= 15 is 0 Å². The summed E-state index contributed by atoms with van der Waals surface area (Å²) in [6.45, 7) is 1.60. The summed E-state index contributed by atoms with van der Waals surface area (Å²) in [6.07, 6.45) is 8.02. The lowest BCUT2D eigenvalue weighted by atomic mass is 10.1. The monoisotopic (exact) mass is 466 g/mol. The molecule has 1 aliphatic carbocycles. The van der Waals surface area contributed by atoms with Crippen LogP contribution in [0.5, 0.6) is 11.5 Å². The number of esters is 1. The molecule has 172 valence electrons. The van der Waals surface area contributed by atoms with Gasteiger partial charge in [0.05, 0.1) is 5.57 Å². The van der Waals surface area contributed by atoms with Crippen molar-refractivity contribution in [3.8, 4) is 11.5 Å². The number of halogens is 5. The standard InChI is InChI=1S/C22H15F5N2O4/c1-22(33-12-6-9-29-13(10-12)20(30)28-2)7-3-4-11(5-8-22)21(31)32-19-17(26)15(24)14(23)16(25)18(19)27/h3-10H,1-2H3,(H,28,30). The van der Waals surface area contributed by atoms with E-state index in [1.165, 1.54) is 55.8 Å². The molecule has 0 radical (unpaired) electrons. The van der Waals surface area contributed by atoms with Crippen LogP contribution in [0.2, 0.25) is 0 Å². The number of pyridine rings is 1. The van der Waals surface area contributed by atoms with Gasteiger partial charge in [-0.25, -0.2) is 18.0 Å². The first-order chi connectivity index (χ1) is 15.6. The lowest BCUT2D eigenvalue weighted by Gasteiger charge is -2.24. The molecule has 1 heterocycles. The molecule has 0 aliphatic heterocycles. The van der Waals surface area contributed by atoms with Crippen LogP contribution in [-0.4, -0.2) is 29.5 Å². The Morgan fingerprint density at radius 3 is 2.27 bits per heavy atom. The molecule has 1 aliphatic rings. The predicted molar refractivity (Wildman–Crippen MR) is 105 cm³/mol. The number of benzene rings is 1. The van der Waals surface area contributed by atoms with Crippen LogP contribution in [0.1, 0.15) is 17.4 Å². The molecule has 6 nitrogen and oxygen atoms in total. The lowest BCUT2D eigenvalue weighted by molar-refractivity contribution is -0.130. The van der Waals surface area contributed by atoms with E-state index in [1.807, 2.05) is 0 Å². The van der Waals surface area contributed by atoms with E-state index in [0.717, 1.165) is 0 Å². The molecule has 3 rings (SSSR count). The van der Waals surface area contributed by atoms with Gasteiger partial charge in [0.25, 0.3) is 5.91 Å². The highest BCUT2D eigenvalue weighted by Gasteiger charge is 2.29. The van der Waals surface area contributed by atoms with Crippen molar-refractivity contribution in [2.45, 2.75) is 12.5 Å². The van der Waals surface area contributed by atoms with Crippen LogP contribution in [0.3, 0.4) is 0 Å². The second-order valence-corrected chi connectivity index (χ2v) is 6.84. The Hall–Kier alpha value is -4.02. The fourth-order valence-corrected chi connectivity index (χ4v) is 2.72. The molecule has 0 bridgehead atoms. The number of carbonyl (C=O) groups is 2. The fraction of sp³-hybridized carbons (Fsp3) is 0.136. The minimum Gasteiger partial charge on any atom is -0.479 e. The van der Waals surface area contributed by atoms with Crippen molar-refractivity contribution < 1.29 is 41.0 Å². The average Bonchev–Trinajstić information content (AvgIpc) is 3.00. The van der Waals surface area contributed by atoms with Crippen LogP contribution in [0.25, 0.3) is 0 Å². The van der Waals surface area contributed by atoms with Crippen LogP contribution in [-0.2, 0) is 4.79 Å². The second-order valence-electron chi connectivity index (χ2n) is 6.84. The molecule has 2 aromatic rings. The third-order valence-corrected chi connectivity index (χ3v) is 4.43. The van der Waals surface area contributed by atoms with Gasteiger partial charge in [-0.2, -0.15) is 8.78 Å². The number of rotatable bonds is 5. The van der Waals surface area contributed by atoms with Crippen molar-refractivity contribution in [3.05, 3.63) is 89.1 Å². The lowest BCUT2D eigenvalue weighted by Crippen LogP contribution is -2.27. The third kappa shape index (κ3) is 4.92. The second kappa shape index (κ2) is 9.23. The third-order valence-electron chi connectivity index (χ3n) is 4.43. The number of allylic oxidation sites excluding steroid dienone is 2. The molecule has 1 N–H and O–H groups in total. The Bertz CT molecular complexity index is 1200. The zero-order valence-corrected chi connectivity index (χ0v) is 17.1. The summed E-state index contributed by atoms with van der Waals surface area (Å²) in [5.41, 5.74) is -1.31. The number of hydrogen-bond acceptors (Lipinski definition) is 5. The molecular formula is C22H15F5N2O4. The van der Waals surface area contributed by atoms with Crippen molar-refractivity contribution in [2.24, 2.45) is 0 Å². The molecule has 1 aromatic heterocycles. The summed E-state index contributed by atoms with van der Waals surface area (Å²) in [5, 5.41) is 2.42. The number of aromatic nitrogens is 1. The number of amides is 1. The van der Waals surface area contributed by atoms with Gasteiger partial charge in [-0.3, -0.25) is 9.78 Å². The SMILES string of the molecule is CNC(=O)c1cc(OC2(C)C=CC=C(C(=O)Oc3c(F)c(F)c(F)c(F)c3F)C=C2)ccn1. The fourth-order valence-electron chi connectivity index (χ4n) is 2.72. The zero-order chi connectivity index (χ0) is 24.3. The van der Waals surface area contributed by atoms with Crippen molar-refractivity contribution in [3.63, 3.8) is 0 Å². The van der Waals surface area contributed by atoms with Gasteiger partial charge in [0.1, 0.15) is 17.0 Å². The quantitative estimate of drug-likeness (QED) is 0.238. The Labute approximate surface area is 184 Å². The molecule has 0 saturated carbocycles. The molecule has 1 unspecified atom stereocenters. The normalized spacial score (nSPS) is 17.2. The van der Waals surface area contributed by atoms with Gasteiger partial charge >= 0.3 is 5.97 Å². The van der Waals surface area contributed by atoms with Gasteiger partial charge in [-0.05, 0) is 37.3 Å². The Kier molecular flexibility index (Phi) is 6.61. The van der Waals surface area contributed by atoms with Crippen molar-refractivity contribution in [1.82, 2.24) is 10.3 Å². The molecular weight excluding hydrogens is 451 g/mol. The van der Waals surface area contributed by atoms with Gasteiger partial charge in [0.2, 0.25) is 34.8 Å². The number of ether oxygens (including phenoxy) is 2. The average molecular weight is 466 g/mol. The Balaban J connectivity index is 1.80. The Morgan fingerprint density at radius 1 is 1.00 bits per heavy atom. The van der Waals surface area contributed by atoms with Gasteiger partial charge < -0.3 is 14.8 Å². The maximum absolute atomic E-state index is 13.8. The van der Waals surface area contributed by atoms with Crippen LogP contribution in [0.4, 0.5) is 22.0 Å². The first-order valence-corrected chi connectivity index (χ1v) is 9.26. The molecule has 0 fully saturated rings. The number of nitrogens with one attached hydrogen (secondary N) is 1. The molecule has 1 atom stereocenters. The highest BCUT2D eigenvalue weighted by Crippen LogP contribution is 2.30. The minimum absolute atomic E-state index is 0.102. The summed E-state index contributed by atoms with van der Waals surface area (Å²) < 4.78 is 77.7. The van der Waals surface area contributed by atoms with E-state index in [2.05, 4.69) is 15.0 Å². The Morgan fingerprint density at radius 2 is 1.64 bits per heavy atom. The minimum atomic E-state index is -2.37. The van der Waals surface area contributed by atoms with Crippen LogP contribution in [0.15, 0.2) is 54.3 Å². The van der Waals surface area contributed by atoms with Gasteiger partial charge in [0, 0.05) is 19.3 Å². The van der Waals surface area contributed by atoms with Crippen LogP contribution in [0, 0.1) is 29.1 Å². The summed E-state index contributed by atoms with van der Waals surface area (Å²) in [6, 6.07) is 2.89. The summed E-state index contributed by atoms with van der Waals surface area (Å²) in [7, 11) is 1.44. The molecule has 1 aromatic carbocycles. The van der Waals surface area contributed by atoms with Crippen LogP contribution >= 0.6 is 0 Å². The van der Waals surface area contributed by atoms with Gasteiger partial charge in [-0.1, -0.05) is 6.08 Å². The van der Waals surface area contributed by atoms with E-state index in [4.69, 9.17) is 4.74 Å². The van der Waals surface area contributed by atoms with E-state index in [0.29, 0.717) is 0 Å². The van der Waals surface area contributed by atoms with E-state index in [-0.39, 0.29) is 17.0 Å². The zero-order valence-electron chi connectivity index (χ0n) is 17.1. The topological polar surface area (TPSA) is 77.5 Å². The highest BCUT2D eigenvalue weighted by molar-refractivity contribution is 5.94. The van der Waals surface area contributed by atoms with Crippen molar-refractivity contribution in [2.75, 3.05) is 7.05 Å².